The average molecular weight is 704 g/mol. The van der Waals surface area contributed by atoms with Crippen molar-refractivity contribution in [2.75, 3.05) is 4.90 Å². The van der Waals surface area contributed by atoms with Crippen LogP contribution in [0.25, 0.3) is 85.5 Å². The number of nitrogens with zero attached hydrogens (tertiary/aromatic N) is 1. The van der Waals surface area contributed by atoms with Gasteiger partial charge in [0.05, 0.1) is 5.69 Å². The first kappa shape index (κ1) is 30.8. The largest absolute Gasteiger partial charge is 0.310 e. The maximum absolute atomic E-state index is 2.46. The van der Waals surface area contributed by atoms with Crippen molar-refractivity contribution in [1.82, 2.24) is 0 Å². The van der Waals surface area contributed by atoms with Crippen molar-refractivity contribution >= 4 is 91.7 Å². The lowest BCUT2D eigenvalue weighted by atomic mass is 9.92. The van der Waals surface area contributed by atoms with E-state index >= 15 is 0 Å². The third-order valence-corrected chi connectivity index (χ3v) is 12.2. The minimum Gasteiger partial charge on any atom is -0.310 e. The molecule has 0 unspecified atom stereocenters. The molecule has 11 aromatic rings. The van der Waals surface area contributed by atoms with Crippen LogP contribution in [0.1, 0.15) is 0 Å². The first-order valence-electron chi connectivity index (χ1n) is 18.5. The highest BCUT2D eigenvalue weighted by Crippen LogP contribution is 2.47. The summed E-state index contributed by atoms with van der Waals surface area (Å²) in [5.41, 5.74) is 8.31. The van der Waals surface area contributed by atoms with E-state index in [1.165, 1.54) is 91.2 Å². The summed E-state index contributed by atoms with van der Waals surface area (Å²) in [4.78, 5) is 2.46. The van der Waals surface area contributed by atoms with E-state index in [0.717, 1.165) is 11.4 Å². The average Bonchev–Trinajstić information content (AvgIpc) is 3.63. The van der Waals surface area contributed by atoms with Gasteiger partial charge in [0.2, 0.25) is 0 Å². The quantitative estimate of drug-likeness (QED) is 0.161. The van der Waals surface area contributed by atoms with Gasteiger partial charge in [-0.05, 0) is 103 Å². The summed E-state index contributed by atoms with van der Waals surface area (Å²) in [5.74, 6) is 0. The lowest BCUT2D eigenvalue weighted by Crippen LogP contribution is -2.10. The third-order valence-electron chi connectivity index (χ3n) is 11.0. The van der Waals surface area contributed by atoms with E-state index in [1.54, 1.807) is 0 Å². The molecule has 0 aliphatic carbocycles. The first-order valence-corrected chi connectivity index (χ1v) is 19.3. The molecule has 252 valence electrons. The molecule has 0 fully saturated rings. The molecule has 1 nitrogen and oxygen atoms in total. The minimum atomic E-state index is 1.12. The Morgan fingerprint density at radius 2 is 0.926 bits per heavy atom. The van der Waals surface area contributed by atoms with Gasteiger partial charge in [-0.2, -0.15) is 0 Å². The zero-order chi connectivity index (χ0) is 35.6. The Bertz CT molecular complexity index is 3210. The zero-order valence-electron chi connectivity index (χ0n) is 29.4. The second kappa shape index (κ2) is 12.4. The normalized spacial score (nSPS) is 11.7. The Hall–Kier alpha value is -6.74. The Morgan fingerprint density at radius 3 is 1.76 bits per heavy atom. The fourth-order valence-electron chi connectivity index (χ4n) is 8.41. The van der Waals surface area contributed by atoms with Crippen molar-refractivity contribution in [2.24, 2.45) is 0 Å². The molecule has 11 rings (SSSR count). The summed E-state index contributed by atoms with van der Waals surface area (Å²) in [6.45, 7) is 0. The maximum Gasteiger partial charge on any atom is 0.0547 e. The summed E-state index contributed by atoms with van der Waals surface area (Å²) in [6.07, 6.45) is 0. The fourth-order valence-corrected chi connectivity index (χ4v) is 9.63. The summed E-state index contributed by atoms with van der Waals surface area (Å²) in [6, 6.07) is 73.6. The van der Waals surface area contributed by atoms with Crippen LogP contribution in [-0.4, -0.2) is 0 Å². The second-order valence-corrected chi connectivity index (χ2v) is 15.2. The van der Waals surface area contributed by atoms with Crippen LogP contribution in [0.5, 0.6) is 0 Å². The Kier molecular flexibility index (Phi) is 7.11. The van der Waals surface area contributed by atoms with E-state index in [-0.39, 0.29) is 0 Å². The van der Waals surface area contributed by atoms with Crippen molar-refractivity contribution in [1.29, 1.82) is 0 Å². The van der Waals surface area contributed by atoms with Crippen molar-refractivity contribution in [3.8, 4) is 22.3 Å². The lowest BCUT2D eigenvalue weighted by molar-refractivity contribution is 1.31. The van der Waals surface area contributed by atoms with E-state index in [2.05, 4.69) is 205 Å². The fraction of sp³-hybridized carbons (Fsp3) is 0. The molecule has 10 aromatic carbocycles. The number of thiophene rings is 1. The SMILES string of the molecule is c1ccc(-c2ccc(N(c3ccc4ccc(-c5cc6ccccc6c6ccccc56)cc4c3)c3cc4c5ccccc5sc4c4ccccc34)cc2)cc1. The third kappa shape index (κ3) is 4.99. The lowest BCUT2D eigenvalue weighted by Gasteiger charge is -2.28. The predicted molar refractivity (Wildman–Crippen MR) is 235 cm³/mol. The molecule has 2 heteroatoms. The summed E-state index contributed by atoms with van der Waals surface area (Å²) in [5, 5.41) is 12.6. The molecule has 0 saturated carbocycles. The van der Waals surface area contributed by atoms with Gasteiger partial charge >= 0.3 is 0 Å². The van der Waals surface area contributed by atoms with Crippen molar-refractivity contribution in [3.63, 3.8) is 0 Å². The van der Waals surface area contributed by atoms with Gasteiger partial charge < -0.3 is 4.90 Å². The van der Waals surface area contributed by atoms with Crippen LogP contribution in [0.15, 0.2) is 200 Å². The molecule has 54 heavy (non-hydrogen) atoms. The number of hydrogen-bond acceptors (Lipinski definition) is 2. The highest BCUT2D eigenvalue weighted by molar-refractivity contribution is 7.26. The Balaban J connectivity index is 1.14. The van der Waals surface area contributed by atoms with Gasteiger partial charge in [-0.15, -0.1) is 11.3 Å². The topological polar surface area (TPSA) is 3.24 Å². The second-order valence-electron chi connectivity index (χ2n) is 14.1. The van der Waals surface area contributed by atoms with Crippen LogP contribution in [0.3, 0.4) is 0 Å². The van der Waals surface area contributed by atoms with Crippen LogP contribution >= 0.6 is 11.3 Å². The Morgan fingerprint density at radius 1 is 0.315 bits per heavy atom. The molecule has 0 atom stereocenters. The highest BCUT2D eigenvalue weighted by Gasteiger charge is 2.20. The summed E-state index contributed by atoms with van der Waals surface area (Å²) in [7, 11) is 0. The predicted octanol–water partition coefficient (Wildman–Crippen LogP) is 15.5. The van der Waals surface area contributed by atoms with E-state index in [1.807, 2.05) is 11.3 Å². The Labute approximate surface area is 317 Å². The zero-order valence-corrected chi connectivity index (χ0v) is 30.2. The minimum absolute atomic E-state index is 1.12. The maximum atomic E-state index is 2.46. The number of fused-ring (bicyclic) bond motifs is 9. The molecule has 0 N–H and O–H groups in total. The van der Waals surface area contributed by atoms with Gasteiger partial charge in [-0.3, -0.25) is 0 Å². The van der Waals surface area contributed by atoms with Gasteiger partial charge in [0.15, 0.2) is 0 Å². The highest BCUT2D eigenvalue weighted by atomic mass is 32.1. The molecule has 0 saturated heterocycles. The first-order chi connectivity index (χ1) is 26.8. The molecule has 0 aliphatic rings. The van der Waals surface area contributed by atoms with Crippen molar-refractivity contribution < 1.29 is 0 Å². The van der Waals surface area contributed by atoms with Crippen LogP contribution in [-0.2, 0) is 0 Å². The van der Waals surface area contributed by atoms with Crippen LogP contribution in [0.2, 0.25) is 0 Å². The van der Waals surface area contributed by atoms with E-state index in [0.29, 0.717) is 0 Å². The molecular formula is C52H33NS. The number of benzene rings is 10. The van der Waals surface area contributed by atoms with Gasteiger partial charge in [-0.1, -0.05) is 152 Å². The van der Waals surface area contributed by atoms with Gasteiger partial charge in [0.25, 0.3) is 0 Å². The van der Waals surface area contributed by atoms with Crippen LogP contribution in [0, 0.1) is 0 Å². The molecule has 1 heterocycles. The van der Waals surface area contributed by atoms with Crippen LogP contribution in [0.4, 0.5) is 17.1 Å². The van der Waals surface area contributed by atoms with E-state index in [9.17, 15) is 0 Å². The smallest absolute Gasteiger partial charge is 0.0547 e. The molecule has 0 bridgehead atoms. The van der Waals surface area contributed by atoms with Crippen molar-refractivity contribution in [3.05, 3.63) is 200 Å². The number of rotatable bonds is 5. The summed E-state index contributed by atoms with van der Waals surface area (Å²) < 4.78 is 2.65. The molecule has 0 amide bonds. The number of anilines is 3. The molecule has 0 radical (unpaired) electrons. The number of hydrogen-bond donors (Lipinski definition) is 0. The van der Waals surface area contributed by atoms with Crippen molar-refractivity contribution in [2.45, 2.75) is 0 Å². The van der Waals surface area contributed by atoms with Gasteiger partial charge in [-0.25, -0.2) is 0 Å². The molecule has 0 aliphatic heterocycles. The monoisotopic (exact) mass is 703 g/mol. The molecule has 0 spiro atoms. The van der Waals surface area contributed by atoms with E-state index < -0.39 is 0 Å². The standard InChI is InChI=1S/C52H33NS/c1-2-12-34(13-3-1)35-24-27-40(28-25-35)53(50-33-49-46-19-10-11-21-51(46)54-52(49)47-20-9-8-18-45(47)50)41-29-26-36-22-23-38(30-39(36)31-41)48-32-37-14-4-5-15-42(37)43-16-6-7-17-44(43)48/h1-33H. The van der Waals surface area contributed by atoms with Crippen LogP contribution < -0.4 is 4.90 Å². The molecule has 1 aromatic heterocycles. The van der Waals surface area contributed by atoms with Gasteiger partial charge in [0.1, 0.15) is 0 Å². The van der Waals surface area contributed by atoms with Gasteiger partial charge in [0, 0.05) is 42.3 Å². The summed E-state index contributed by atoms with van der Waals surface area (Å²) >= 11 is 1.89. The van der Waals surface area contributed by atoms with E-state index in [4.69, 9.17) is 0 Å². The molecular weight excluding hydrogens is 671 g/mol.